The number of rotatable bonds is 5. The summed E-state index contributed by atoms with van der Waals surface area (Å²) in [4.78, 5) is 29.0. The molecule has 18 heavy (non-hydrogen) atoms. The Morgan fingerprint density at radius 3 is 3.06 bits per heavy atom. The Balaban J connectivity index is 2.10. The van der Waals surface area contributed by atoms with E-state index in [9.17, 15) is 9.69 Å². The molecule has 0 aliphatic carbocycles. The van der Waals surface area contributed by atoms with Gasteiger partial charge in [0.2, 0.25) is 7.94 Å². The Hall–Kier alpha value is -1.75. The first-order valence-electron chi connectivity index (χ1n) is 5.37. The maximum Gasteiger partial charge on any atom is 0.304 e. The average molecular weight is 265 g/mol. The minimum Gasteiger partial charge on any atom is -0.606 e. The zero-order valence-corrected chi connectivity index (χ0v) is 10.4. The van der Waals surface area contributed by atoms with Gasteiger partial charge in [-0.05, 0) is 17.0 Å². The molecule has 0 aliphatic heterocycles. The first-order valence-corrected chi connectivity index (χ1v) is 6.58. The molecule has 6 nitrogen and oxygen atoms in total. The van der Waals surface area contributed by atoms with Gasteiger partial charge in [-0.2, -0.15) is 5.43 Å². The second-order valence-corrected chi connectivity index (χ2v) is 4.87. The van der Waals surface area contributed by atoms with Crippen molar-refractivity contribution in [3.63, 3.8) is 0 Å². The summed E-state index contributed by atoms with van der Waals surface area (Å²) >= 11 is 0. The standard InChI is InChI=1S/C11H12N3O3P/c15-11(16)5-6-13-14-18(17)10-7-12-9-4-2-1-3-8(9)10/h1-4,7,12-13H,5-6H2,(H,15,16). The molecule has 2 aromatic rings. The number of fused-ring (bicyclic) bond motifs is 1. The second-order valence-electron chi connectivity index (χ2n) is 3.64. The number of carboxylic acid groups (broad SMARTS) is 1. The molecule has 0 amide bonds. The van der Waals surface area contributed by atoms with Crippen molar-refractivity contribution in [2.45, 2.75) is 6.42 Å². The van der Waals surface area contributed by atoms with Crippen molar-refractivity contribution < 1.29 is 14.8 Å². The van der Waals surface area contributed by atoms with E-state index in [1.54, 1.807) is 6.20 Å². The molecule has 1 atom stereocenters. The summed E-state index contributed by atoms with van der Waals surface area (Å²) in [5.41, 5.74) is 3.42. The molecule has 2 rings (SSSR count). The highest BCUT2D eigenvalue weighted by molar-refractivity contribution is 7.49. The monoisotopic (exact) mass is 265 g/mol. The highest BCUT2D eigenvalue weighted by atomic mass is 31.1. The van der Waals surface area contributed by atoms with Gasteiger partial charge in [0.15, 0.2) is 5.30 Å². The van der Waals surface area contributed by atoms with Gasteiger partial charge in [0.1, 0.15) is 0 Å². The smallest absolute Gasteiger partial charge is 0.304 e. The van der Waals surface area contributed by atoms with E-state index in [0.29, 0.717) is 5.30 Å². The summed E-state index contributed by atoms with van der Waals surface area (Å²) in [6.07, 6.45) is 1.60. The third-order valence-electron chi connectivity index (χ3n) is 2.39. The molecule has 7 heteroatoms. The number of nitrogens with zero attached hydrogens (tertiary/aromatic N) is 1. The molecule has 1 unspecified atom stereocenters. The topological polar surface area (TPSA) is 101 Å². The Bertz CT molecular complexity index is 594. The minimum absolute atomic E-state index is 0.0550. The van der Waals surface area contributed by atoms with Gasteiger partial charge in [0.05, 0.1) is 23.5 Å². The van der Waals surface area contributed by atoms with E-state index in [-0.39, 0.29) is 13.0 Å². The second kappa shape index (κ2) is 5.73. The van der Waals surface area contributed by atoms with Crippen molar-refractivity contribution in [1.82, 2.24) is 10.4 Å². The molecule has 1 heterocycles. The number of carboxylic acids is 1. The predicted octanol–water partition coefficient (Wildman–Crippen LogP) is 0.713. The van der Waals surface area contributed by atoms with Gasteiger partial charge in [0, 0.05) is 6.54 Å². The van der Waals surface area contributed by atoms with Crippen LogP contribution in [0.15, 0.2) is 35.3 Å². The summed E-state index contributed by atoms with van der Waals surface area (Å²) in [6.45, 7) is 0.165. The summed E-state index contributed by atoms with van der Waals surface area (Å²) in [6, 6.07) is 7.50. The van der Waals surface area contributed by atoms with Crippen LogP contribution in [-0.2, 0) is 4.79 Å². The lowest BCUT2D eigenvalue weighted by molar-refractivity contribution is -0.152. The summed E-state index contributed by atoms with van der Waals surface area (Å²) in [5.74, 6) is -0.917. The Labute approximate surface area is 104 Å². The van der Waals surface area contributed by atoms with E-state index in [4.69, 9.17) is 5.11 Å². The molecule has 1 aromatic heterocycles. The van der Waals surface area contributed by atoms with Crippen molar-refractivity contribution in [3.8, 4) is 0 Å². The van der Waals surface area contributed by atoms with Crippen LogP contribution >= 0.6 is 7.94 Å². The average Bonchev–Trinajstić information content (AvgIpc) is 2.78. The molecule has 3 N–H and O–H groups in total. The van der Waals surface area contributed by atoms with Crippen LogP contribution in [0.3, 0.4) is 0 Å². The maximum absolute atomic E-state index is 11.9. The van der Waals surface area contributed by atoms with Crippen LogP contribution in [0, 0.1) is 0 Å². The number of aliphatic carboxylic acids is 1. The van der Waals surface area contributed by atoms with Gasteiger partial charge in [-0.1, -0.05) is 12.1 Å². The van der Waals surface area contributed by atoms with E-state index in [0.717, 1.165) is 10.9 Å². The van der Waals surface area contributed by atoms with Crippen molar-refractivity contribution in [1.29, 1.82) is 0 Å². The fraction of sp³-hybridized carbons (Fsp3) is 0.182. The van der Waals surface area contributed by atoms with Gasteiger partial charge < -0.3 is 15.0 Å². The third-order valence-corrected chi connectivity index (χ3v) is 3.49. The van der Waals surface area contributed by atoms with Crippen LogP contribution in [0.25, 0.3) is 10.9 Å². The predicted molar refractivity (Wildman–Crippen MR) is 67.5 cm³/mol. The van der Waals surface area contributed by atoms with Crippen molar-refractivity contribution in [3.05, 3.63) is 30.5 Å². The van der Waals surface area contributed by atoms with E-state index in [1.807, 2.05) is 24.3 Å². The molecule has 0 saturated heterocycles. The molecule has 1 aromatic carbocycles. The largest absolute Gasteiger partial charge is 0.606 e. The highest BCUT2D eigenvalue weighted by Gasteiger charge is 2.12. The Morgan fingerprint density at radius 2 is 2.28 bits per heavy atom. The normalized spacial score (nSPS) is 11.9. The minimum atomic E-state index is -1.93. The van der Waals surface area contributed by atoms with Gasteiger partial charge in [0.25, 0.3) is 0 Å². The zero-order chi connectivity index (χ0) is 13.0. The number of H-pyrrole nitrogens is 1. The van der Waals surface area contributed by atoms with Crippen LogP contribution in [0.2, 0.25) is 0 Å². The Morgan fingerprint density at radius 1 is 1.50 bits per heavy atom. The van der Waals surface area contributed by atoms with Crippen molar-refractivity contribution >= 4 is 30.1 Å². The number of aromatic nitrogens is 1. The molecular formula is C11H12N3O3P. The van der Waals surface area contributed by atoms with Gasteiger partial charge in [-0.15, -0.1) is 0 Å². The fourth-order valence-electron chi connectivity index (χ4n) is 1.55. The summed E-state index contributed by atoms with van der Waals surface area (Å²) in [7, 11) is -1.93. The highest BCUT2D eigenvalue weighted by Crippen LogP contribution is 2.20. The van der Waals surface area contributed by atoms with E-state index >= 15 is 0 Å². The number of hydrogen-bond donors (Lipinski definition) is 3. The lowest BCUT2D eigenvalue weighted by atomic mass is 10.2. The lowest BCUT2D eigenvalue weighted by Crippen LogP contribution is -2.13. The third kappa shape index (κ3) is 2.92. The number of aromatic amines is 1. The van der Waals surface area contributed by atoms with E-state index in [2.05, 4.69) is 15.3 Å². The van der Waals surface area contributed by atoms with Crippen LogP contribution in [0.5, 0.6) is 0 Å². The first-order chi connectivity index (χ1) is 8.68. The van der Waals surface area contributed by atoms with Gasteiger partial charge in [-0.3, -0.25) is 4.79 Å². The molecule has 0 saturated carbocycles. The fourth-order valence-corrected chi connectivity index (χ4v) is 2.46. The van der Waals surface area contributed by atoms with Gasteiger partial charge in [-0.25, -0.2) is 0 Å². The molecule has 94 valence electrons. The van der Waals surface area contributed by atoms with Crippen LogP contribution in [-0.4, -0.2) is 22.6 Å². The maximum atomic E-state index is 11.9. The summed E-state index contributed by atoms with van der Waals surface area (Å²) < 4.78 is 0. The lowest BCUT2D eigenvalue weighted by Gasteiger charge is -1.95. The summed E-state index contributed by atoms with van der Waals surface area (Å²) in [5, 5.41) is 9.92. The van der Waals surface area contributed by atoms with Gasteiger partial charge >= 0.3 is 5.97 Å². The van der Waals surface area contributed by atoms with Crippen LogP contribution < -0.4 is 15.6 Å². The van der Waals surface area contributed by atoms with Crippen LogP contribution in [0.1, 0.15) is 6.42 Å². The Kier molecular flexibility index (Phi) is 4.04. The first kappa shape index (κ1) is 12.7. The SMILES string of the molecule is O=C(O)CCN/N=[P+](\[O-])c1c[nH]c2ccccc12. The quantitative estimate of drug-likeness (QED) is 0.421. The number of hydrogen-bond acceptors (Lipinski definition) is 3. The molecular weight excluding hydrogens is 253 g/mol. The van der Waals surface area contributed by atoms with Crippen LogP contribution in [0.4, 0.5) is 0 Å². The molecule has 0 fully saturated rings. The molecule has 0 bridgehead atoms. The number of benzene rings is 1. The van der Waals surface area contributed by atoms with Crippen molar-refractivity contribution in [2.24, 2.45) is 4.85 Å². The molecule has 0 spiro atoms. The van der Waals surface area contributed by atoms with E-state index < -0.39 is 13.9 Å². The number of nitrogens with one attached hydrogen (secondary N) is 2. The number of carbonyl (C=O) groups is 1. The molecule has 0 aliphatic rings. The van der Waals surface area contributed by atoms with E-state index in [1.165, 1.54) is 0 Å². The number of para-hydroxylation sites is 1. The zero-order valence-electron chi connectivity index (χ0n) is 9.46. The molecule has 0 radical (unpaired) electrons. The van der Waals surface area contributed by atoms with Crippen molar-refractivity contribution in [2.75, 3.05) is 6.54 Å².